The molecule has 2 aromatic carbocycles. The van der Waals surface area contributed by atoms with E-state index in [9.17, 15) is 14.0 Å². The van der Waals surface area contributed by atoms with Crippen LogP contribution < -0.4 is 15.4 Å². The minimum Gasteiger partial charge on any atom is -0.490 e. The molecule has 0 aliphatic carbocycles. The number of ether oxygens (including phenoxy) is 1. The van der Waals surface area contributed by atoms with Gasteiger partial charge >= 0.3 is 6.03 Å². The molecule has 1 aromatic heterocycles. The van der Waals surface area contributed by atoms with E-state index in [4.69, 9.17) is 4.74 Å². The van der Waals surface area contributed by atoms with Gasteiger partial charge < -0.3 is 20.3 Å². The SMILES string of the molecule is O=C1CN2CCN(C(=O)Nc3ccccc3)C[C@@H]2COc2ccc(-c3cccnc3F)cc2N1. The van der Waals surface area contributed by atoms with Crippen molar-refractivity contribution >= 4 is 23.3 Å². The Morgan fingerprint density at radius 2 is 1.97 bits per heavy atom. The lowest BCUT2D eigenvalue weighted by Gasteiger charge is -2.40. The van der Waals surface area contributed by atoms with E-state index >= 15 is 0 Å². The van der Waals surface area contributed by atoms with E-state index < -0.39 is 5.95 Å². The topological polar surface area (TPSA) is 86.8 Å². The number of pyridine rings is 1. The molecule has 9 heteroatoms. The van der Waals surface area contributed by atoms with Crippen molar-refractivity contribution in [2.45, 2.75) is 6.04 Å². The van der Waals surface area contributed by atoms with Crippen molar-refractivity contribution in [3.8, 4) is 16.9 Å². The number of rotatable bonds is 2. The number of carbonyl (C=O) groups is 2. The number of hydrogen-bond donors (Lipinski definition) is 2. The van der Waals surface area contributed by atoms with Gasteiger partial charge in [0.2, 0.25) is 11.9 Å². The van der Waals surface area contributed by atoms with Crippen LogP contribution in [0.4, 0.5) is 20.6 Å². The second-order valence-corrected chi connectivity index (χ2v) is 8.28. The van der Waals surface area contributed by atoms with Gasteiger partial charge in [-0.15, -0.1) is 0 Å². The molecule has 1 atom stereocenters. The van der Waals surface area contributed by atoms with E-state index in [-0.39, 0.29) is 24.5 Å². The lowest BCUT2D eigenvalue weighted by atomic mass is 10.1. The molecule has 34 heavy (non-hydrogen) atoms. The van der Waals surface area contributed by atoms with E-state index in [1.165, 1.54) is 6.20 Å². The van der Waals surface area contributed by atoms with Crippen molar-refractivity contribution in [1.82, 2.24) is 14.8 Å². The molecular formula is C25H24FN5O3. The molecule has 1 saturated heterocycles. The Hall–Kier alpha value is -3.98. The van der Waals surface area contributed by atoms with Crippen LogP contribution in [0, 0.1) is 5.95 Å². The van der Waals surface area contributed by atoms with Crippen molar-refractivity contribution in [3.63, 3.8) is 0 Å². The number of fused-ring (bicyclic) bond motifs is 2. The van der Waals surface area contributed by atoms with Crippen LogP contribution in [0.5, 0.6) is 5.75 Å². The zero-order valence-corrected chi connectivity index (χ0v) is 18.4. The number of carbonyl (C=O) groups excluding carboxylic acids is 2. The molecule has 2 aliphatic heterocycles. The van der Waals surface area contributed by atoms with Gasteiger partial charge in [0, 0.05) is 37.1 Å². The number of anilines is 2. The molecule has 0 unspecified atom stereocenters. The highest BCUT2D eigenvalue weighted by Gasteiger charge is 2.32. The summed E-state index contributed by atoms with van der Waals surface area (Å²) >= 11 is 0. The summed E-state index contributed by atoms with van der Waals surface area (Å²) in [4.78, 5) is 33.0. The molecule has 3 amide bonds. The summed E-state index contributed by atoms with van der Waals surface area (Å²) in [5, 5.41) is 5.80. The molecule has 2 N–H and O–H groups in total. The van der Waals surface area contributed by atoms with Crippen molar-refractivity contribution in [3.05, 3.63) is 72.8 Å². The maximum absolute atomic E-state index is 14.2. The van der Waals surface area contributed by atoms with Crippen LogP contribution in [0.2, 0.25) is 0 Å². The number of nitrogens with zero attached hydrogens (tertiary/aromatic N) is 3. The fourth-order valence-corrected chi connectivity index (χ4v) is 4.25. The fourth-order valence-electron chi connectivity index (χ4n) is 4.25. The zero-order valence-electron chi connectivity index (χ0n) is 18.4. The molecule has 0 radical (unpaired) electrons. The zero-order chi connectivity index (χ0) is 23.5. The first-order valence-corrected chi connectivity index (χ1v) is 11.1. The van der Waals surface area contributed by atoms with E-state index in [1.54, 1.807) is 35.2 Å². The Labute approximate surface area is 196 Å². The Morgan fingerprint density at radius 3 is 2.79 bits per heavy atom. The molecule has 0 bridgehead atoms. The van der Waals surface area contributed by atoms with Gasteiger partial charge in [-0.1, -0.05) is 24.3 Å². The monoisotopic (exact) mass is 461 g/mol. The number of urea groups is 1. The highest BCUT2D eigenvalue weighted by Crippen LogP contribution is 2.32. The quantitative estimate of drug-likeness (QED) is 0.571. The molecule has 174 valence electrons. The number of piperazine rings is 1. The number of amides is 3. The highest BCUT2D eigenvalue weighted by atomic mass is 19.1. The van der Waals surface area contributed by atoms with Crippen LogP contribution >= 0.6 is 0 Å². The number of para-hydroxylation sites is 1. The number of benzene rings is 2. The van der Waals surface area contributed by atoms with E-state index in [0.29, 0.717) is 48.8 Å². The molecule has 3 heterocycles. The fraction of sp³-hybridized carbons (Fsp3) is 0.240. The predicted octanol–water partition coefficient (Wildman–Crippen LogP) is 3.44. The summed E-state index contributed by atoms with van der Waals surface area (Å²) in [7, 11) is 0. The summed E-state index contributed by atoms with van der Waals surface area (Å²) in [6, 6.07) is 17.4. The van der Waals surface area contributed by atoms with E-state index in [2.05, 4.69) is 15.6 Å². The summed E-state index contributed by atoms with van der Waals surface area (Å²) < 4.78 is 20.2. The largest absolute Gasteiger partial charge is 0.490 e. The summed E-state index contributed by atoms with van der Waals surface area (Å²) in [5.74, 6) is -0.277. The van der Waals surface area contributed by atoms with Gasteiger partial charge in [0.1, 0.15) is 12.4 Å². The van der Waals surface area contributed by atoms with Crippen LogP contribution in [0.25, 0.3) is 11.1 Å². The van der Waals surface area contributed by atoms with Gasteiger partial charge in [0.25, 0.3) is 0 Å². The van der Waals surface area contributed by atoms with Gasteiger partial charge in [0.05, 0.1) is 18.3 Å². The second-order valence-electron chi connectivity index (χ2n) is 8.28. The normalized spacial score (nSPS) is 18.3. The average molecular weight is 461 g/mol. The number of hydrogen-bond acceptors (Lipinski definition) is 5. The summed E-state index contributed by atoms with van der Waals surface area (Å²) in [6.07, 6.45) is 1.39. The third kappa shape index (κ3) is 4.69. The van der Waals surface area contributed by atoms with Crippen LogP contribution in [0.3, 0.4) is 0 Å². The first kappa shape index (κ1) is 21.8. The third-order valence-corrected chi connectivity index (χ3v) is 6.02. The number of nitrogens with one attached hydrogen (secondary N) is 2. The molecule has 0 spiro atoms. The van der Waals surface area contributed by atoms with Crippen molar-refractivity contribution in [1.29, 1.82) is 0 Å². The van der Waals surface area contributed by atoms with Gasteiger partial charge in [-0.3, -0.25) is 9.69 Å². The second kappa shape index (κ2) is 9.48. The lowest BCUT2D eigenvalue weighted by Crippen LogP contribution is -2.58. The summed E-state index contributed by atoms with van der Waals surface area (Å²) in [5.41, 5.74) is 2.14. The average Bonchev–Trinajstić information content (AvgIpc) is 2.91. The van der Waals surface area contributed by atoms with Crippen molar-refractivity contribution in [2.75, 3.05) is 43.4 Å². The van der Waals surface area contributed by atoms with E-state index in [1.807, 2.05) is 35.2 Å². The third-order valence-electron chi connectivity index (χ3n) is 6.02. The smallest absolute Gasteiger partial charge is 0.321 e. The number of aromatic nitrogens is 1. The molecule has 8 nitrogen and oxygen atoms in total. The molecule has 2 aliphatic rings. The van der Waals surface area contributed by atoms with Gasteiger partial charge in [0.15, 0.2) is 0 Å². The Balaban J connectivity index is 1.33. The minimum atomic E-state index is -0.580. The molecule has 1 fully saturated rings. The maximum atomic E-state index is 14.2. The van der Waals surface area contributed by atoms with E-state index in [0.717, 1.165) is 5.69 Å². The molecular weight excluding hydrogens is 437 g/mol. The number of halogens is 1. The van der Waals surface area contributed by atoms with Gasteiger partial charge in [-0.2, -0.15) is 4.39 Å². The van der Waals surface area contributed by atoms with Crippen LogP contribution in [-0.2, 0) is 4.79 Å². The first-order chi connectivity index (χ1) is 16.6. The first-order valence-electron chi connectivity index (χ1n) is 11.1. The molecule has 3 aromatic rings. The van der Waals surface area contributed by atoms with Crippen molar-refractivity contribution in [2.24, 2.45) is 0 Å². The predicted molar refractivity (Wildman–Crippen MR) is 126 cm³/mol. The lowest BCUT2D eigenvalue weighted by molar-refractivity contribution is -0.118. The Bertz CT molecular complexity index is 1210. The van der Waals surface area contributed by atoms with Gasteiger partial charge in [-0.25, -0.2) is 9.78 Å². The Kier molecular flexibility index (Phi) is 6.09. The standard InChI is InChI=1S/C25H24FN5O3/c26-24-20(7-4-10-27-24)17-8-9-22-21(13-17)29-23(32)15-30-11-12-31(14-19(30)16-34-22)25(33)28-18-5-2-1-3-6-18/h1-10,13,19H,11-12,14-16H2,(H,28,33)(H,29,32)/t19-/m1/s1. The van der Waals surface area contributed by atoms with Crippen LogP contribution in [0.15, 0.2) is 66.9 Å². The molecule has 0 saturated carbocycles. The van der Waals surface area contributed by atoms with Crippen molar-refractivity contribution < 1.29 is 18.7 Å². The minimum absolute atomic E-state index is 0.151. The van der Waals surface area contributed by atoms with Crippen LogP contribution in [0.1, 0.15) is 0 Å². The Morgan fingerprint density at radius 1 is 1.12 bits per heavy atom. The molecule has 5 rings (SSSR count). The van der Waals surface area contributed by atoms with Gasteiger partial charge in [-0.05, 0) is 42.0 Å². The maximum Gasteiger partial charge on any atom is 0.321 e. The van der Waals surface area contributed by atoms with Crippen LogP contribution in [-0.4, -0.2) is 65.5 Å². The highest BCUT2D eigenvalue weighted by molar-refractivity contribution is 5.95. The summed E-state index contributed by atoms with van der Waals surface area (Å²) in [6.45, 7) is 1.96.